The Labute approximate surface area is 206 Å². The van der Waals surface area contributed by atoms with Crippen LogP contribution >= 0.6 is 0 Å². The molecule has 1 aliphatic carbocycles. The van der Waals surface area contributed by atoms with E-state index in [1.165, 1.54) is 6.42 Å². The van der Waals surface area contributed by atoms with Crippen molar-refractivity contribution in [3.8, 4) is 5.75 Å². The maximum absolute atomic E-state index is 13.9. The van der Waals surface area contributed by atoms with Crippen LogP contribution in [0.3, 0.4) is 0 Å². The molecule has 3 aliphatic heterocycles. The normalized spacial score (nSPS) is 32.4. The number of amides is 3. The van der Waals surface area contributed by atoms with Crippen LogP contribution in [0.5, 0.6) is 5.75 Å². The zero-order chi connectivity index (χ0) is 24.7. The molecular weight excluding hydrogens is 446 g/mol. The molecule has 1 spiro atoms. The van der Waals surface area contributed by atoms with Crippen LogP contribution in [-0.2, 0) is 19.1 Å². The Morgan fingerprint density at radius 1 is 1.17 bits per heavy atom. The highest BCUT2D eigenvalue weighted by molar-refractivity contribution is 6.03. The number of benzene rings is 1. The third kappa shape index (κ3) is 3.92. The van der Waals surface area contributed by atoms with E-state index >= 15 is 0 Å². The zero-order valence-corrected chi connectivity index (χ0v) is 20.7. The standard InChI is InChI=1S/C27H35N3O5/c1-4-16(2)30-23(25(32)29-17-8-6-5-7-9-17)27-15-14-20(35-27)21(22(27)26(30)33)24(31)28-18-10-12-19(34-3)13-11-18/h10-17,20-23H,4-9H2,1-3H3,(H,28,31)(H,29,32)/t16-,20+,21+,22+,23-,27-/m0/s1. The summed E-state index contributed by atoms with van der Waals surface area (Å²) < 4.78 is 11.6. The summed E-state index contributed by atoms with van der Waals surface area (Å²) in [4.78, 5) is 42.7. The van der Waals surface area contributed by atoms with Gasteiger partial charge in [0.25, 0.3) is 0 Å². The molecule has 0 aromatic heterocycles. The monoisotopic (exact) mass is 481 g/mol. The van der Waals surface area contributed by atoms with Gasteiger partial charge in [-0.15, -0.1) is 0 Å². The number of anilines is 1. The predicted molar refractivity (Wildman–Crippen MR) is 131 cm³/mol. The Morgan fingerprint density at radius 3 is 2.54 bits per heavy atom. The molecule has 5 rings (SSSR count). The van der Waals surface area contributed by atoms with E-state index in [9.17, 15) is 14.4 Å². The van der Waals surface area contributed by atoms with Gasteiger partial charge >= 0.3 is 0 Å². The molecule has 2 bridgehead atoms. The van der Waals surface area contributed by atoms with Crippen molar-refractivity contribution >= 4 is 23.4 Å². The quantitative estimate of drug-likeness (QED) is 0.584. The van der Waals surface area contributed by atoms with Gasteiger partial charge in [-0.1, -0.05) is 38.3 Å². The minimum Gasteiger partial charge on any atom is -0.497 e. The van der Waals surface area contributed by atoms with Crippen LogP contribution in [0.15, 0.2) is 36.4 Å². The first-order valence-corrected chi connectivity index (χ1v) is 12.8. The van der Waals surface area contributed by atoms with Gasteiger partial charge in [-0.25, -0.2) is 0 Å². The fourth-order valence-corrected chi connectivity index (χ4v) is 6.30. The van der Waals surface area contributed by atoms with Crippen LogP contribution in [0, 0.1) is 11.8 Å². The first-order valence-electron chi connectivity index (χ1n) is 12.8. The largest absolute Gasteiger partial charge is 0.497 e. The third-order valence-corrected chi connectivity index (χ3v) is 8.24. The molecule has 2 N–H and O–H groups in total. The Bertz CT molecular complexity index is 1020. The van der Waals surface area contributed by atoms with Crippen molar-refractivity contribution in [3.63, 3.8) is 0 Å². The Morgan fingerprint density at radius 2 is 1.89 bits per heavy atom. The number of carbonyl (C=O) groups excluding carboxylic acids is 3. The summed E-state index contributed by atoms with van der Waals surface area (Å²) in [5.41, 5.74) is -0.501. The number of fused-ring (bicyclic) bond motifs is 1. The van der Waals surface area contributed by atoms with Crippen molar-refractivity contribution in [2.75, 3.05) is 12.4 Å². The van der Waals surface area contributed by atoms with Crippen molar-refractivity contribution in [1.29, 1.82) is 0 Å². The molecule has 4 aliphatic rings. The van der Waals surface area contributed by atoms with E-state index in [0.717, 1.165) is 25.7 Å². The average Bonchev–Trinajstić information content (AvgIpc) is 3.52. The first kappa shape index (κ1) is 23.9. The highest BCUT2D eigenvalue weighted by Gasteiger charge is 2.73. The van der Waals surface area contributed by atoms with Gasteiger partial charge in [0.2, 0.25) is 17.7 Å². The van der Waals surface area contributed by atoms with Gasteiger partial charge in [0.15, 0.2) is 0 Å². The Kier molecular flexibility index (Phi) is 6.34. The summed E-state index contributed by atoms with van der Waals surface area (Å²) >= 11 is 0. The van der Waals surface area contributed by atoms with E-state index in [-0.39, 0.29) is 29.8 Å². The Hall–Kier alpha value is -2.87. The molecule has 3 amide bonds. The zero-order valence-electron chi connectivity index (χ0n) is 20.7. The molecule has 3 heterocycles. The number of rotatable bonds is 7. The lowest BCUT2D eigenvalue weighted by Gasteiger charge is -2.36. The minimum absolute atomic E-state index is 0.123. The summed E-state index contributed by atoms with van der Waals surface area (Å²) in [6, 6.07) is 6.26. The molecule has 188 valence electrons. The minimum atomic E-state index is -1.12. The maximum Gasteiger partial charge on any atom is 0.246 e. The van der Waals surface area contributed by atoms with E-state index in [0.29, 0.717) is 17.9 Å². The molecular formula is C27H35N3O5. The Balaban J connectivity index is 1.43. The van der Waals surface area contributed by atoms with Crippen LogP contribution < -0.4 is 15.4 Å². The lowest BCUT2D eigenvalue weighted by Crippen LogP contribution is -2.58. The van der Waals surface area contributed by atoms with E-state index in [2.05, 4.69) is 10.6 Å². The predicted octanol–water partition coefficient (Wildman–Crippen LogP) is 3.03. The molecule has 2 saturated heterocycles. The molecule has 0 radical (unpaired) electrons. The number of methoxy groups -OCH3 is 1. The number of ether oxygens (including phenoxy) is 2. The summed E-state index contributed by atoms with van der Waals surface area (Å²) in [6.45, 7) is 3.96. The topological polar surface area (TPSA) is 97.0 Å². The fourth-order valence-electron chi connectivity index (χ4n) is 6.30. The second kappa shape index (κ2) is 9.30. The van der Waals surface area contributed by atoms with Crippen LogP contribution in [0.1, 0.15) is 52.4 Å². The van der Waals surface area contributed by atoms with Crippen molar-refractivity contribution < 1.29 is 23.9 Å². The van der Waals surface area contributed by atoms with Gasteiger partial charge in [-0.2, -0.15) is 0 Å². The van der Waals surface area contributed by atoms with Crippen LogP contribution in [0.25, 0.3) is 0 Å². The maximum atomic E-state index is 13.9. The SMILES string of the molecule is CC[C@H](C)N1C(=O)[C@H]2[C@H](C(=O)Nc3ccc(OC)cc3)[C@H]3C=C[C@@]2(O3)[C@@H]1C(=O)NC1CCCCC1. The summed E-state index contributed by atoms with van der Waals surface area (Å²) in [5, 5.41) is 6.15. The van der Waals surface area contributed by atoms with Crippen molar-refractivity contribution in [1.82, 2.24) is 10.2 Å². The molecule has 1 aromatic rings. The van der Waals surface area contributed by atoms with Gasteiger partial charge in [0.05, 0.1) is 25.0 Å². The van der Waals surface area contributed by atoms with E-state index < -0.39 is 29.6 Å². The number of hydrogen-bond acceptors (Lipinski definition) is 5. The van der Waals surface area contributed by atoms with Gasteiger partial charge < -0.3 is 25.0 Å². The van der Waals surface area contributed by atoms with Crippen molar-refractivity contribution in [2.45, 2.75) is 82.2 Å². The van der Waals surface area contributed by atoms with Gasteiger partial charge in [-0.3, -0.25) is 14.4 Å². The highest BCUT2D eigenvalue weighted by atomic mass is 16.5. The lowest BCUT2D eigenvalue weighted by atomic mass is 9.74. The van der Waals surface area contributed by atoms with E-state index in [1.54, 1.807) is 36.3 Å². The van der Waals surface area contributed by atoms with Gasteiger partial charge in [0.1, 0.15) is 17.4 Å². The van der Waals surface area contributed by atoms with Crippen molar-refractivity contribution in [2.24, 2.45) is 11.8 Å². The first-order chi connectivity index (χ1) is 16.9. The molecule has 35 heavy (non-hydrogen) atoms. The fraction of sp³-hybridized carbons (Fsp3) is 0.593. The lowest BCUT2D eigenvalue weighted by molar-refractivity contribution is -0.143. The molecule has 1 aromatic carbocycles. The summed E-state index contributed by atoms with van der Waals surface area (Å²) in [6.07, 6.45) is 9.19. The molecule has 1 saturated carbocycles. The van der Waals surface area contributed by atoms with Gasteiger partial charge in [0, 0.05) is 17.8 Å². The van der Waals surface area contributed by atoms with E-state index in [1.807, 2.05) is 26.0 Å². The number of likely N-dealkylation sites (tertiary alicyclic amines) is 1. The second-order valence-corrected chi connectivity index (χ2v) is 10.3. The molecule has 0 unspecified atom stereocenters. The van der Waals surface area contributed by atoms with E-state index in [4.69, 9.17) is 9.47 Å². The smallest absolute Gasteiger partial charge is 0.246 e. The van der Waals surface area contributed by atoms with Gasteiger partial charge in [-0.05, 0) is 50.5 Å². The molecule has 8 heteroatoms. The third-order valence-electron chi connectivity index (χ3n) is 8.24. The highest BCUT2D eigenvalue weighted by Crippen LogP contribution is 2.55. The second-order valence-electron chi connectivity index (χ2n) is 10.3. The van der Waals surface area contributed by atoms with Crippen molar-refractivity contribution in [3.05, 3.63) is 36.4 Å². The average molecular weight is 482 g/mol. The van der Waals surface area contributed by atoms with Crippen LogP contribution in [-0.4, -0.2) is 59.6 Å². The molecule has 6 atom stereocenters. The molecule has 8 nitrogen and oxygen atoms in total. The molecule has 3 fully saturated rings. The van der Waals surface area contributed by atoms with Crippen LogP contribution in [0.4, 0.5) is 5.69 Å². The summed E-state index contributed by atoms with van der Waals surface area (Å²) in [5.74, 6) is -1.36. The number of nitrogens with one attached hydrogen (secondary N) is 2. The number of hydrogen-bond donors (Lipinski definition) is 2. The van der Waals surface area contributed by atoms with Crippen LogP contribution in [0.2, 0.25) is 0 Å². The summed E-state index contributed by atoms with van der Waals surface area (Å²) in [7, 11) is 1.58. The number of nitrogens with zero attached hydrogens (tertiary/aromatic N) is 1. The number of carbonyl (C=O) groups is 3.